The number of hydrogen-bond acceptors (Lipinski definition) is 5. The molecular weight excluding hydrogens is 234 g/mol. The van der Waals surface area contributed by atoms with Gasteiger partial charge in [-0.05, 0) is 18.6 Å². The van der Waals surface area contributed by atoms with Crippen LogP contribution in [0.25, 0.3) is 0 Å². The molecule has 0 amide bonds. The van der Waals surface area contributed by atoms with Gasteiger partial charge in [0.25, 0.3) is 5.69 Å². The molecule has 0 atom stereocenters. The molecule has 1 rings (SSSR count). The van der Waals surface area contributed by atoms with Crippen molar-refractivity contribution in [3.05, 3.63) is 33.9 Å². The normalized spacial score (nSPS) is 9.83. The van der Waals surface area contributed by atoms with Crippen LogP contribution in [-0.4, -0.2) is 32.2 Å². The maximum absolute atomic E-state index is 10.7. The van der Waals surface area contributed by atoms with Gasteiger partial charge in [-0.15, -0.1) is 0 Å². The second-order valence-electron chi connectivity index (χ2n) is 3.84. The van der Waals surface area contributed by atoms with Gasteiger partial charge in [0.2, 0.25) is 0 Å². The number of nitro groups is 1. The minimum Gasteiger partial charge on any atom is -0.385 e. The van der Waals surface area contributed by atoms with Gasteiger partial charge in [0.05, 0.1) is 4.92 Å². The van der Waals surface area contributed by atoms with Crippen molar-refractivity contribution in [2.24, 2.45) is 0 Å². The lowest BCUT2D eigenvalue weighted by Crippen LogP contribution is -2.19. The van der Waals surface area contributed by atoms with Crippen LogP contribution in [0.15, 0.2) is 18.2 Å². The molecule has 6 heteroatoms. The largest absolute Gasteiger partial charge is 0.385 e. The van der Waals surface area contributed by atoms with Crippen LogP contribution >= 0.6 is 0 Å². The summed E-state index contributed by atoms with van der Waals surface area (Å²) in [6, 6.07) is 6.39. The van der Waals surface area contributed by atoms with Crippen LogP contribution in [0.4, 0.5) is 11.4 Å². The Morgan fingerprint density at radius 1 is 1.56 bits per heavy atom. The van der Waals surface area contributed by atoms with Gasteiger partial charge in [-0.3, -0.25) is 10.1 Å². The summed E-state index contributed by atoms with van der Waals surface area (Å²) in [6.07, 6.45) is 0.853. The second kappa shape index (κ2) is 6.57. The topological polar surface area (TPSA) is 79.4 Å². The summed E-state index contributed by atoms with van der Waals surface area (Å²) < 4.78 is 4.96. The molecule has 0 fully saturated rings. The summed E-state index contributed by atoms with van der Waals surface area (Å²) in [6.45, 7) is 1.42. The van der Waals surface area contributed by atoms with Crippen LogP contribution in [0.1, 0.15) is 12.0 Å². The number of anilines is 1. The highest BCUT2D eigenvalue weighted by Gasteiger charge is 2.14. The Kier molecular flexibility index (Phi) is 5.08. The van der Waals surface area contributed by atoms with E-state index in [0.29, 0.717) is 6.61 Å². The molecular formula is C12H15N3O3. The molecule has 0 saturated carbocycles. The number of nitriles is 1. The summed E-state index contributed by atoms with van der Waals surface area (Å²) in [5.41, 5.74) is 0.705. The number of hydrogen-bond donors (Lipinski definition) is 0. The van der Waals surface area contributed by atoms with E-state index >= 15 is 0 Å². The monoisotopic (exact) mass is 249 g/mol. The van der Waals surface area contributed by atoms with Gasteiger partial charge < -0.3 is 9.64 Å². The van der Waals surface area contributed by atoms with Crippen LogP contribution in [0.3, 0.4) is 0 Å². The average molecular weight is 249 g/mol. The average Bonchev–Trinajstić information content (AvgIpc) is 2.37. The molecule has 0 bridgehead atoms. The summed E-state index contributed by atoms with van der Waals surface area (Å²) in [4.78, 5) is 12.1. The first-order valence-corrected chi connectivity index (χ1v) is 5.48. The molecule has 0 spiro atoms. The fourth-order valence-corrected chi connectivity index (χ4v) is 1.59. The molecule has 96 valence electrons. The highest BCUT2D eigenvalue weighted by Crippen LogP contribution is 2.23. The van der Waals surface area contributed by atoms with Gasteiger partial charge >= 0.3 is 0 Å². The predicted molar refractivity (Wildman–Crippen MR) is 67.6 cm³/mol. The molecule has 0 unspecified atom stereocenters. The van der Waals surface area contributed by atoms with Gasteiger partial charge in [0.15, 0.2) is 0 Å². The van der Waals surface area contributed by atoms with E-state index in [-0.39, 0.29) is 11.3 Å². The first-order valence-electron chi connectivity index (χ1n) is 5.48. The lowest BCUT2D eigenvalue weighted by atomic mass is 10.1. The van der Waals surface area contributed by atoms with Crippen molar-refractivity contribution in [1.82, 2.24) is 0 Å². The fourth-order valence-electron chi connectivity index (χ4n) is 1.59. The van der Waals surface area contributed by atoms with Crippen LogP contribution in [0.2, 0.25) is 0 Å². The molecule has 0 aromatic heterocycles. The Balaban J connectivity index is 2.85. The molecule has 1 aromatic carbocycles. The molecule has 0 heterocycles. The first-order chi connectivity index (χ1) is 8.60. The Labute approximate surface area is 106 Å². The third kappa shape index (κ3) is 3.43. The zero-order valence-electron chi connectivity index (χ0n) is 10.4. The number of nitro benzene ring substituents is 1. The van der Waals surface area contributed by atoms with Crippen molar-refractivity contribution >= 4 is 11.4 Å². The molecule has 0 radical (unpaired) electrons. The number of benzene rings is 1. The molecule has 0 saturated heterocycles. The third-order valence-corrected chi connectivity index (χ3v) is 2.58. The second-order valence-corrected chi connectivity index (χ2v) is 3.84. The zero-order chi connectivity index (χ0) is 13.5. The van der Waals surface area contributed by atoms with E-state index in [1.807, 2.05) is 18.0 Å². The molecule has 18 heavy (non-hydrogen) atoms. The van der Waals surface area contributed by atoms with E-state index < -0.39 is 4.92 Å². The van der Waals surface area contributed by atoms with Crippen LogP contribution in [0.5, 0.6) is 0 Å². The predicted octanol–water partition coefficient (Wildman–Crippen LogP) is 1.94. The SMILES string of the molecule is COCCCN(C)c1ccc([N+](=O)[O-])c(C#N)c1. The molecule has 0 N–H and O–H groups in total. The summed E-state index contributed by atoms with van der Waals surface area (Å²) in [7, 11) is 3.51. The highest BCUT2D eigenvalue weighted by molar-refractivity contribution is 5.59. The maximum atomic E-state index is 10.7. The Morgan fingerprint density at radius 2 is 2.28 bits per heavy atom. The van der Waals surface area contributed by atoms with Crippen LogP contribution < -0.4 is 4.90 Å². The van der Waals surface area contributed by atoms with Crippen LogP contribution in [-0.2, 0) is 4.74 Å². The van der Waals surface area contributed by atoms with Crippen molar-refractivity contribution in [3.8, 4) is 6.07 Å². The lowest BCUT2D eigenvalue weighted by molar-refractivity contribution is -0.385. The fraction of sp³-hybridized carbons (Fsp3) is 0.417. The van der Waals surface area contributed by atoms with Crippen LogP contribution in [0, 0.1) is 21.4 Å². The zero-order valence-corrected chi connectivity index (χ0v) is 10.4. The van der Waals surface area contributed by atoms with Crippen molar-refractivity contribution in [3.63, 3.8) is 0 Å². The Morgan fingerprint density at radius 3 is 2.83 bits per heavy atom. The summed E-state index contributed by atoms with van der Waals surface area (Å²) >= 11 is 0. The maximum Gasteiger partial charge on any atom is 0.287 e. The number of nitrogens with zero attached hydrogens (tertiary/aromatic N) is 3. The van der Waals surface area contributed by atoms with Gasteiger partial charge in [0.1, 0.15) is 11.6 Å². The third-order valence-electron chi connectivity index (χ3n) is 2.58. The molecule has 0 aliphatic rings. The smallest absolute Gasteiger partial charge is 0.287 e. The molecule has 1 aromatic rings. The molecule has 6 nitrogen and oxygen atoms in total. The van der Waals surface area contributed by atoms with Gasteiger partial charge in [-0.1, -0.05) is 0 Å². The highest BCUT2D eigenvalue weighted by atomic mass is 16.6. The van der Waals surface area contributed by atoms with Gasteiger partial charge in [0, 0.05) is 39.1 Å². The number of methoxy groups -OCH3 is 1. The minimum atomic E-state index is -0.548. The van der Waals surface area contributed by atoms with Crippen molar-refractivity contribution in [1.29, 1.82) is 5.26 Å². The van der Waals surface area contributed by atoms with Crippen molar-refractivity contribution < 1.29 is 9.66 Å². The first kappa shape index (κ1) is 13.9. The van der Waals surface area contributed by atoms with E-state index in [0.717, 1.165) is 18.7 Å². The Hall–Kier alpha value is -2.13. The Bertz CT molecular complexity index is 468. The summed E-state index contributed by atoms with van der Waals surface area (Å²) in [5.74, 6) is 0. The van der Waals surface area contributed by atoms with E-state index in [9.17, 15) is 10.1 Å². The van der Waals surface area contributed by atoms with Gasteiger partial charge in [-0.2, -0.15) is 5.26 Å². The van der Waals surface area contributed by atoms with E-state index in [4.69, 9.17) is 10.00 Å². The number of ether oxygens (including phenoxy) is 1. The van der Waals surface area contributed by atoms with E-state index in [2.05, 4.69) is 0 Å². The van der Waals surface area contributed by atoms with Crippen molar-refractivity contribution in [2.75, 3.05) is 32.2 Å². The quantitative estimate of drug-likeness (QED) is 0.437. The lowest BCUT2D eigenvalue weighted by Gasteiger charge is -2.19. The van der Waals surface area contributed by atoms with Gasteiger partial charge in [-0.25, -0.2) is 0 Å². The molecule has 0 aliphatic carbocycles. The summed E-state index contributed by atoms with van der Waals surface area (Å²) in [5, 5.41) is 19.6. The minimum absolute atomic E-state index is 0.0797. The van der Waals surface area contributed by atoms with E-state index in [1.165, 1.54) is 12.1 Å². The van der Waals surface area contributed by atoms with Crippen molar-refractivity contribution in [2.45, 2.75) is 6.42 Å². The standard InChI is InChI=1S/C12H15N3O3/c1-14(6-3-7-18-2)11-4-5-12(15(16)17)10(8-11)9-13/h4-5,8H,3,6-7H2,1-2H3. The van der Waals surface area contributed by atoms with E-state index in [1.54, 1.807) is 13.2 Å². The molecule has 0 aliphatic heterocycles. The number of rotatable bonds is 6.